The Balaban J connectivity index is 1.81. The number of aliphatic imine (C=N–C) groups is 1. The van der Waals surface area contributed by atoms with Gasteiger partial charge in [0.2, 0.25) is 0 Å². The molecule has 3 rings (SSSR count). The molecule has 0 atom stereocenters. The van der Waals surface area contributed by atoms with E-state index in [1.807, 2.05) is 12.1 Å². The predicted octanol–water partition coefficient (Wildman–Crippen LogP) is 5.27. The van der Waals surface area contributed by atoms with Crippen molar-refractivity contribution in [3.05, 3.63) is 53.6 Å². The molecule has 30 heavy (non-hydrogen) atoms. The average molecular weight is 434 g/mol. The van der Waals surface area contributed by atoms with E-state index < -0.39 is 17.8 Å². The Kier molecular flexibility index (Phi) is 6.57. The summed E-state index contributed by atoms with van der Waals surface area (Å²) in [5, 5.41) is 0.526. The normalized spacial score (nSPS) is 12.8. The number of nitrogens with zero attached hydrogens (tertiary/aromatic N) is 2. The minimum atomic E-state index is -4.46. The van der Waals surface area contributed by atoms with Crippen LogP contribution < -0.4 is 9.64 Å². The number of halogens is 3. The minimum Gasteiger partial charge on any atom is -0.484 e. The molecule has 0 bridgehead atoms. The van der Waals surface area contributed by atoms with Gasteiger partial charge in [-0.25, -0.2) is 9.79 Å². The standard InChI is InChI=1S/C21H17F3N2O3S/c1-3-10-26(20(27)28-2)17-7-5-4-6-14(17)13-30-19-12-29-18-9-8-15(21(22,23)24)11-16(18)25-19/h1,4-9,11H,10,12-13H2,2H3. The molecule has 5 nitrogen and oxygen atoms in total. The highest BCUT2D eigenvalue weighted by molar-refractivity contribution is 8.13. The van der Waals surface area contributed by atoms with Crippen LogP contribution >= 0.6 is 11.8 Å². The van der Waals surface area contributed by atoms with E-state index in [0.29, 0.717) is 22.2 Å². The summed E-state index contributed by atoms with van der Waals surface area (Å²) < 4.78 is 49.2. The van der Waals surface area contributed by atoms with Gasteiger partial charge in [0.25, 0.3) is 0 Å². The number of ether oxygens (including phenoxy) is 2. The van der Waals surface area contributed by atoms with Crippen LogP contribution in [0, 0.1) is 12.3 Å². The summed E-state index contributed by atoms with van der Waals surface area (Å²) in [7, 11) is 1.27. The van der Waals surface area contributed by atoms with Crippen molar-refractivity contribution in [3.63, 3.8) is 0 Å². The zero-order chi connectivity index (χ0) is 21.7. The Hall–Kier alpha value is -3.12. The average Bonchev–Trinajstić information content (AvgIpc) is 2.74. The van der Waals surface area contributed by atoms with Crippen molar-refractivity contribution in [2.45, 2.75) is 11.9 Å². The van der Waals surface area contributed by atoms with Gasteiger partial charge in [0.15, 0.2) is 0 Å². The molecule has 1 heterocycles. The molecule has 9 heteroatoms. The van der Waals surface area contributed by atoms with Crippen LogP contribution in [0.5, 0.6) is 5.75 Å². The maximum Gasteiger partial charge on any atom is 0.416 e. The molecule has 0 aliphatic carbocycles. The second-order valence-corrected chi connectivity index (χ2v) is 7.20. The third kappa shape index (κ3) is 4.89. The third-order valence-corrected chi connectivity index (χ3v) is 5.20. The lowest BCUT2D eigenvalue weighted by Gasteiger charge is -2.22. The Morgan fingerprint density at radius 3 is 2.80 bits per heavy atom. The van der Waals surface area contributed by atoms with Crippen LogP contribution in [0.15, 0.2) is 47.5 Å². The molecule has 1 aliphatic heterocycles. The Bertz CT molecular complexity index is 1020. The summed E-state index contributed by atoms with van der Waals surface area (Å²) in [6.07, 6.45) is 0.326. The van der Waals surface area contributed by atoms with Crippen LogP contribution in [0.25, 0.3) is 0 Å². The van der Waals surface area contributed by atoms with Crippen LogP contribution in [0.1, 0.15) is 11.1 Å². The molecule has 156 valence electrons. The highest BCUT2D eigenvalue weighted by atomic mass is 32.2. The number of carbonyl (C=O) groups is 1. The highest BCUT2D eigenvalue weighted by Gasteiger charge is 2.31. The van der Waals surface area contributed by atoms with Gasteiger partial charge >= 0.3 is 12.3 Å². The maximum atomic E-state index is 13.0. The summed E-state index contributed by atoms with van der Waals surface area (Å²) in [5.41, 5.74) is 0.733. The number of hydrogen-bond acceptors (Lipinski definition) is 5. The number of para-hydroxylation sites is 1. The van der Waals surface area contributed by atoms with Crippen molar-refractivity contribution >= 4 is 34.3 Å². The smallest absolute Gasteiger partial charge is 0.416 e. The number of carbonyl (C=O) groups excluding carboxylic acids is 1. The molecule has 0 fully saturated rings. The SMILES string of the molecule is C#CCN(C(=O)OC)c1ccccc1CSC1=Nc2cc(C(F)(F)F)ccc2OC1. The van der Waals surface area contributed by atoms with Crippen LogP contribution in [0.3, 0.4) is 0 Å². The van der Waals surface area contributed by atoms with Crippen molar-refractivity contribution in [3.8, 4) is 18.1 Å². The summed E-state index contributed by atoms with van der Waals surface area (Å²) in [4.78, 5) is 17.7. The van der Waals surface area contributed by atoms with E-state index in [-0.39, 0.29) is 18.8 Å². The first kappa shape index (κ1) is 21.6. The monoisotopic (exact) mass is 434 g/mol. The summed E-state index contributed by atoms with van der Waals surface area (Å²) in [6, 6.07) is 10.4. The second kappa shape index (κ2) is 9.13. The lowest BCUT2D eigenvalue weighted by molar-refractivity contribution is -0.137. The molecule has 0 spiro atoms. The van der Waals surface area contributed by atoms with E-state index in [9.17, 15) is 18.0 Å². The molecule has 0 aromatic heterocycles. The number of rotatable bonds is 4. The zero-order valence-corrected chi connectivity index (χ0v) is 16.7. The van der Waals surface area contributed by atoms with E-state index >= 15 is 0 Å². The summed E-state index contributed by atoms with van der Waals surface area (Å²) in [6.45, 7) is 0.183. The van der Waals surface area contributed by atoms with Crippen molar-refractivity contribution in [2.24, 2.45) is 4.99 Å². The van der Waals surface area contributed by atoms with Crippen molar-refractivity contribution in [1.82, 2.24) is 0 Å². The number of benzene rings is 2. The number of thioether (sulfide) groups is 1. The second-order valence-electron chi connectivity index (χ2n) is 6.15. The molecule has 0 N–H and O–H groups in total. The lowest BCUT2D eigenvalue weighted by Crippen LogP contribution is -2.31. The number of amides is 1. The van der Waals surface area contributed by atoms with Gasteiger partial charge in [0, 0.05) is 5.75 Å². The molecule has 0 saturated carbocycles. The third-order valence-electron chi connectivity index (χ3n) is 4.20. The van der Waals surface area contributed by atoms with Gasteiger partial charge in [-0.15, -0.1) is 18.2 Å². The summed E-state index contributed by atoms with van der Waals surface area (Å²) >= 11 is 1.31. The fraction of sp³-hybridized carbons (Fsp3) is 0.238. The fourth-order valence-corrected chi connectivity index (χ4v) is 3.66. The first-order chi connectivity index (χ1) is 14.3. The van der Waals surface area contributed by atoms with Gasteiger partial charge in [-0.1, -0.05) is 24.1 Å². The van der Waals surface area contributed by atoms with Gasteiger partial charge in [-0.2, -0.15) is 13.2 Å². The van der Waals surface area contributed by atoms with Crippen LogP contribution in [-0.4, -0.2) is 31.4 Å². The Morgan fingerprint density at radius 2 is 2.10 bits per heavy atom. The topological polar surface area (TPSA) is 51.1 Å². The van der Waals surface area contributed by atoms with Crippen molar-refractivity contribution in [2.75, 3.05) is 25.2 Å². The molecule has 1 aliphatic rings. The largest absolute Gasteiger partial charge is 0.484 e. The molecular formula is C21H17F3N2O3S. The molecular weight excluding hydrogens is 417 g/mol. The maximum absolute atomic E-state index is 13.0. The number of fused-ring (bicyclic) bond motifs is 1. The van der Waals surface area contributed by atoms with Crippen molar-refractivity contribution in [1.29, 1.82) is 0 Å². The zero-order valence-electron chi connectivity index (χ0n) is 15.9. The van der Waals surface area contributed by atoms with Crippen LogP contribution in [-0.2, 0) is 16.7 Å². The molecule has 2 aromatic carbocycles. The predicted molar refractivity (Wildman–Crippen MR) is 110 cm³/mol. The first-order valence-corrected chi connectivity index (χ1v) is 9.73. The highest BCUT2D eigenvalue weighted by Crippen LogP contribution is 2.39. The van der Waals surface area contributed by atoms with Gasteiger partial charge < -0.3 is 9.47 Å². The van der Waals surface area contributed by atoms with Gasteiger partial charge in [0.1, 0.15) is 23.1 Å². The first-order valence-electron chi connectivity index (χ1n) is 8.74. The van der Waals surface area contributed by atoms with E-state index in [4.69, 9.17) is 15.9 Å². The van der Waals surface area contributed by atoms with Gasteiger partial charge in [0.05, 0.1) is 24.9 Å². The number of terminal acetylenes is 1. The number of hydrogen-bond donors (Lipinski definition) is 0. The lowest BCUT2D eigenvalue weighted by atomic mass is 10.2. The van der Waals surface area contributed by atoms with E-state index in [1.54, 1.807) is 12.1 Å². The van der Waals surface area contributed by atoms with Gasteiger partial charge in [-0.05, 0) is 29.8 Å². The fourth-order valence-electron chi connectivity index (χ4n) is 2.79. The number of anilines is 1. The van der Waals surface area contributed by atoms with Crippen LogP contribution in [0.2, 0.25) is 0 Å². The summed E-state index contributed by atoms with van der Waals surface area (Å²) in [5.74, 6) is 3.14. The van der Waals surface area contributed by atoms with Gasteiger partial charge in [-0.3, -0.25) is 4.90 Å². The Morgan fingerprint density at radius 1 is 1.33 bits per heavy atom. The molecule has 1 amide bonds. The van der Waals surface area contributed by atoms with Crippen LogP contribution in [0.4, 0.5) is 29.3 Å². The van der Waals surface area contributed by atoms with Crippen molar-refractivity contribution < 1.29 is 27.4 Å². The molecule has 0 radical (unpaired) electrons. The van der Waals surface area contributed by atoms with E-state index in [1.165, 1.54) is 29.8 Å². The number of methoxy groups -OCH3 is 1. The number of alkyl halides is 3. The minimum absolute atomic E-state index is 0.0337. The molecule has 0 unspecified atom stereocenters. The van der Waals surface area contributed by atoms with E-state index in [0.717, 1.165) is 17.7 Å². The van der Waals surface area contributed by atoms with E-state index in [2.05, 4.69) is 10.9 Å². The molecule has 2 aromatic rings. The quantitative estimate of drug-likeness (QED) is 0.616. The Labute approximate surface area is 175 Å². The molecule has 0 saturated heterocycles.